The minimum atomic E-state index is -1.01. The van der Waals surface area contributed by atoms with Gasteiger partial charge in [0, 0.05) is 29.7 Å². The summed E-state index contributed by atoms with van der Waals surface area (Å²) >= 11 is 0. The molecule has 26 heavy (non-hydrogen) atoms. The van der Waals surface area contributed by atoms with Gasteiger partial charge in [0.1, 0.15) is 24.0 Å². The lowest BCUT2D eigenvalue weighted by molar-refractivity contribution is 0.130. The molecule has 0 radical (unpaired) electrons. The highest BCUT2D eigenvalue weighted by Crippen LogP contribution is 2.38. The molecule has 130 valence electrons. The number of nitrogens with zero attached hydrogens (tertiary/aromatic N) is 3. The number of aromatic nitrogens is 3. The van der Waals surface area contributed by atoms with Gasteiger partial charge in [-0.1, -0.05) is 0 Å². The summed E-state index contributed by atoms with van der Waals surface area (Å²) in [5, 5.41) is 2.62. The zero-order valence-corrected chi connectivity index (χ0v) is 13.3. The molecule has 0 aliphatic carbocycles. The van der Waals surface area contributed by atoms with Gasteiger partial charge in [-0.3, -0.25) is 4.98 Å². The van der Waals surface area contributed by atoms with Crippen LogP contribution in [0.3, 0.4) is 0 Å². The van der Waals surface area contributed by atoms with Gasteiger partial charge in [-0.2, -0.15) is 0 Å². The first-order valence-corrected chi connectivity index (χ1v) is 7.75. The summed E-state index contributed by atoms with van der Waals surface area (Å²) in [4.78, 5) is 24.0. The average molecular weight is 354 g/mol. The topological polar surface area (TPSA) is 77.0 Å². The monoisotopic (exact) mass is 354 g/mol. The summed E-state index contributed by atoms with van der Waals surface area (Å²) in [5.41, 5.74) is 1.89. The molecule has 1 unspecified atom stereocenters. The fraction of sp³-hybridized carbons (Fsp3) is 0.111. The lowest BCUT2D eigenvalue weighted by atomic mass is 9.96. The van der Waals surface area contributed by atoms with Gasteiger partial charge in [-0.25, -0.2) is 23.5 Å². The maximum absolute atomic E-state index is 14.2. The van der Waals surface area contributed by atoms with E-state index in [0.29, 0.717) is 16.8 Å². The number of cyclic esters (lactones) is 1. The van der Waals surface area contributed by atoms with Crippen LogP contribution in [0.1, 0.15) is 23.3 Å². The smallest absolute Gasteiger partial charge is 0.408 e. The van der Waals surface area contributed by atoms with Crippen molar-refractivity contribution in [3.63, 3.8) is 0 Å². The third-order valence-electron chi connectivity index (χ3n) is 4.07. The van der Waals surface area contributed by atoms with Crippen LogP contribution in [0.25, 0.3) is 11.3 Å². The molecule has 1 N–H and O–H groups in total. The van der Waals surface area contributed by atoms with Gasteiger partial charge in [0.25, 0.3) is 0 Å². The van der Waals surface area contributed by atoms with E-state index in [9.17, 15) is 13.6 Å². The van der Waals surface area contributed by atoms with Gasteiger partial charge < -0.3 is 10.1 Å². The van der Waals surface area contributed by atoms with Crippen molar-refractivity contribution in [2.75, 3.05) is 0 Å². The number of hydrogen-bond acceptors (Lipinski definition) is 5. The molecular formula is C18H12F2N4O2. The fourth-order valence-electron chi connectivity index (χ4n) is 2.88. The van der Waals surface area contributed by atoms with Gasteiger partial charge in [0.15, 0.2) is 6.10 Å². The Labute approximate surface area is 146 Å². The summed E-state index contributed by atoms with van der Waals surface area (Å²) in [6.07, 6.45) is 4.43. The van der Waals surface area contributed by atoms with Crippen molar-refractivity contribution in [2.24, 2.45) is 0 Å². The Morgan fingerprint density at radius 1 is 1.08 bits per heavy atom. The van der Waals surface area contributed by atoms with Gasteiger partial charge >= 0.3 is 6.09 Å². The number of benzene rings is 1. The van der Waals surface area contributed by atoms with Crippen LogP contribution in [0.15, 0.2) is 55.2 Å². The molecule has 0 spiro atoms. The summed E-state index contributed by atoms with van der Waals surface area (Å²) in [7, 11) is 0. The minimum absolute atomic E-state index is 0.0409. The summed E-state index contributed by atoms with van der Waals surface area (Å²) < 4.78 is 32.9. The van der Waals surface area contributed by atoms with E-state index in [1.54, 1.807) is 24.5 Å². The van der Waals surface area contributed by atoms with Gasteiger partial charge in [-0.05, 0) is 35.9 Å². The predicted molar refractivity (Wildman–Crippen MR) is 86.7 cm³/mol. The third-order valence-corrected chi connectivity index (χ3v) is 4.07. The number of ether oxygens (including phenoxy) is 1. The highest BCUT2D eigenvalue weighted by molar-refractivity contribution is 5.71. The van der Waals surface area contributed by atoms with Gasteiger partial charge in [0.2, 0.25) is 0 Å². The maximum atomic E-state index is 14.2. The largest absolute Gasteiger partial charge is 0.439 e. The van der Waals surface area contributed by atoms with E-state index in [2.05, 4.69) is 20.3 Å². The second-order valence-corrected chi connectivity index (χ2v) is 5.72. The molecule has 4 rings (SSSR count). The zero-order valence-electron chi connectivity index (χ0n) is 13.3. The number of halogens is 2. The van der Waals surface area contributed by atoms with Crippen LogP contribution in [-0.4, -0.2) is 21.0 Å². The van der Waals surface area contributed by atoms with Crippen molar-refractivity contribution >= 4 is 6.09 Å². The molecule has 1 amide bonds. The van der Waals surface area contributed by atoms with Crippen LogP contribution in [0, 0.1) is 11.6 Å². The summed E-state index contributed by atoms with van der Waals surface area (Å²) in [5.74, 6) is -1.27. The van der Waals surface area contributed by atoms with Crippen molar-refractivity contribution in [1.29, 1.82) is 0 Å². The minimum Gasteiger partial charge on any atom is -0.439 e. The third kappa shape index (κ3) is 2.97. The van der Waals surface area contributed by atoms with E-state index in [0.717, 1.165) is 18.2 Å². The molecule has 3 aromatic rings. The lowest BCUT2D eigenvalue weighted by Gasteiger charge is -2.18. The first kappa shape index (κ1) is 16.1. The Hall–Kier alpha value is -3.42. The van der Waals surface area contributed by atoms with Crippen molar-refractivity contribution in [3.8, 4) is 11.3 Å². The van der Waals surface area contributed by atoms with Crippen LogP contribution < -0.4 is 5.32 Å². The normalized spacial score (nSPS) is 19.1. The number of amides is 1. The van der Waals surface area contributed by atoms with Crippen LogP contribution in [0.5, 0.6) is 0 Å². The lowest BCUT2D eigenvalue weighted by Crippen LogP contribution is -2.20. The van der Waals surface area contributed by atoms with Gasteiger partial charge in [0.05, 0.1) is 5.69 Å². The fourth-order valence-corrected chi connectivity index (χ4v) is 2.88. The number of pyridine rings is 1. The number of alkyl carbamates (subject to hydrolysis) is 1. The number of carbonyl (C=O) groups is 1. The number of hydrogen-bond donors (Lipinski definition) is 1. The van der Waals surface area contributed by atoms with E-state index in [4.69, 9.17) is 4.74 Å². The molecule has 1 aliphatic heterocycles. The number of carbonyl (C=O) groups excluding carboxylic acids is 1. The molecule has 2 atom stereocenters. The van der Waals surface area contributed by atoms with Crippen LogP contribution >= 0.6 is 0 Å². The van der Waals surface area contributed by atoms with Crippen molar-refractivity contribution in [1.82, 2.24) is 20.3 Å². The van der Waals surface area contributed by atoms with Crippen LogP contribution in [0.2, 0.25) is 0 Å². The Morgan fingerprint density at radius 3 is 2.77 bits per heavy atom. The molecule has 3 heterocycles. The van der Waals surface area contributed by atoms with Crippen LogP contribution in [0.4, 0.5) is 13.6 Å². The summed E-state index contributed by atoms with van der Waals surface area (Å²) in [6, 6.07) is 5.80. The second kappa shape index (κ2) is 6.47. The SMILES string of the molecule is O=C1N[C@H](c2cncc(-c3ccncn3)c2)C(c2cc(F)ccc2F)O1. The van der Waals surface area contributed by atoms with E-state index in [-0.39, 0.29) is 5.56 Å². The van der Waals surface area contributed by atoms with E-state index >= 15 is 0 Å². The van der Waals surface area contributed by atoms with Crippen molar-refractivity contribution in [2.45, 2.75) is 12.1 Å². The highest BCUT2D eigenvalue weighted by atomic mass is 19.1. The second-order valence-electron chi connectivity index (χ2n) is 5.72. The maximum Gasteiger partial charge on any atom is 0.408 e. The van der Waals surface area contributed by atoms with Crippen LogP contribution in [-0.2, 0) is 4.74 Å². The molecule has 1 saturated heterocycles. The molecule has 1 aromatic carbocycles. The van der Waals surface area contributed by atoms with E-state index < -0.39 is 29.9 Å². The Morgan fingerprint density at radius 2 is 1.96 bits per heavy atom. The molecule has 2 aromatic heterocycles. The first-order chi connectivity index (χ1) is 12.6. The molecule has 0 saturated carbocycles. The molecule has 1 fully saturated rings. The average Bonchev–Trinajstić information content (AvgIpc) is 3.06. The highest BCUT2D eigenvalue weighted by Gasteiger charge is 2.38. The van der Waals surface area contributed by atoms with Crippen molar-refractivity contribution < 1.29 is 18.3 Å². The van der Waals surface area contributed by atoms with E-state index in [1.807, 2.05) is 0 Å². The zero-order chi connectivity index (χ0) is 18.1. The van der Waals surface area contributed by atoms with Crippen molar-refractivity contribution in [3.05, 3.63) is 78.0 Å². The standard InChI is InChI=1S/C18H12F2N4O2/c19-12-1-2-14(20)13(6-12)17-16(24-18(25)26-17)11-5-10(7-22-8-11)15-3-4-21-9-23-15/h1-9,16-17H,(H,24,25)/t16-,17?/m1/s1. The molecule has 8 heteroatoms. The predicted octanol–water partition coefficient (Wildman–Crippen LogP) is 3.34. The molecular weight excluding hydrogens is 342 g/mol. The Kier molecular flexibility index (Phi) is 4.00. The number of nitrogens with one attached hydrogen (secondary N) is 1. The first-order valence-electron chi connectivity index (χ1n) is 7.75. The Bertz CT molecular complexity index is 968. The molecule has 6 nitrogen and oxygen atoms in total. The molecule has 0 bridgehead atoms. The summed E-state index contributed by atoms with van der Waals surface area (Å²) in [6.45, 7) is 0. The Balaban J connectivity index is 1.74. The van der Waals surface area contributed by atoms with E-state index in [1.165, 1.54) is 12.5 Å². The van der Waals surface area contributed by atoms with Gasteiger partial charge in [-0.15, -0.1) is 0 Å². The molecule has 1 aliphatic rings. The number of rotatable bonds is 3. The quantitative estimate of drug-likeness (QED) is 0.781.